The van der Waals surface area contributed by atoms with Crippen LogP contribution in [-0.2, 0) is 9.78 Å². The molecule has 0 amide bonds. The van der Waals surface area contributed by atoms with Crippen molar-refractivity contribution in [3.63, 3.8) is 0 Å². The molecule has 0 radical (unpaired) electrons. The van der Waals surface area contributed by atoms with E-state index in [1.807, 2.05) is 26.0 Å². The maximum atomic E-state index is 11.9. The van der Waals surface area contributed by atoms with Gasteiger partial charge in [0.2, 0.25) is 0 Å². The molecule has 0 heterocycles. The highest BCUT2D eigenvalue weighted by Gasteiger charge is 2.18. The SMILES string of the molecule is Cc1ccc(C(=O)OOC2CCCCC2)c(C)c1. The van der Waals surface area contributed by atoms with E-state index in [1.54, 1.807) is 6.07 Å². The topological polar surface area (TPSA) is 35.5 Å². The first-order valence-corrected chi connectivity index (χ1v) is 6.62. The van der Waals surface area contributed by atoms with Crippen molar-refractivity contribution >= 4 is 5.97 Å². The molecule has 98 valence electrons. The van der Waals surface area contributed by atoms with Crippen molar-refractivity contribution in [1.82, 2.24) is 0 Å². The molecule has 0 aromatic heterocycles. The van der Waals surface area contributed by atoms with Gasteiger partial charge in [-0.25, -0.2) is 4.79 Å². The van der Waals surface area contributed by atoms with E-state index in [2.05, 4.69) is 0 Å². The van der Waals surface area contributed by atoms with Gasteiger partial charge < -0.3 is 0 Å². The highest BCUT2D eigenvalue weighted by atomic mass is 17.2. The van der Waals surface area contributed by atoms with E-state index in [9.17, 15) is 4.79 Å². The van der Waals surface area contributed by atoms with Gasteiger partial charge in [0.15, 0.2) is 0 Å². The van der Waals surface area contributed by atoms with Crippen molar-refractivity contribution in [2.45, 2.75) is 52.1 Å². The first-order valence-electron chi connectivity index (χ1n) is 6.62. The largest absolute Gasteiger partial charge is 0.373 e. The highest BCUT2D eigenvalue weighted by molar-refractivity contribution is 5.90. The Morgan fingerprint density at radius 3 is 2.56 bits per heavy atom. The lowest BCUT2D eigenvalue weighted by atomic mass is 9.98. The van der Waals surface area contributed by atoms with Crippen LogP contribution < -0.4 is 0 Å². The number of hydrogen-bond acceptors (Lipinski definition) is 3. The summed E-state index contributed by atoms with van der Waals surface area (Å²) in [6.45, 7) is 3.91. The molecule has 0 atom stereocenters. The number of hydrogen-bond donors (Lipinski definition) is 0. The lowest BCUT2D eigenvalue weighted by molar-refractivity contribution is -0.279. The lowest BCUT2D eigenvalue weighted by Gasteiger charge is -2.20. The third-order valence-electron chi connectivity index (χ3n) is 3.41. The van der Waals surface area contributed by atoms with Crippen molar-refractivity contribution in [2.24, 2.45) is 0 Å². The van der Waals surface area contributed by atoms with Crippen LogP contribution in [0.2, 0.25) is 0 Å². The smallest absolute Gasteiger partial charge is 0.293 e. The average molecular weight is 248 g/mol. The zero-order chi connectivity index (χ0) is 13.0. The van der Waals surface area contributed by atoms with Crippen molar-refractivity contribution in [3.05, 3.63) is 34.9 Å². The van der Waals surface area contributed by atoms with E-state index in [0.717, 1.165) is 36.8 Å². The van der Waals surface area contributed by atoms with Gasteiger partial charge in [0, 0.05) is 0 Å². The third kappa shape index (κ3) is 3.33. The molecule has 0 bridgehead atoms. The quantitative estimate of drug-likeness (QED) is 0.604. The van der Waals surface area contributed by atoms with Crippen LogP contribution in [0, 0.1) is 13.8 Å². The Balaban J connectivity index is 1.90. The number of carbonyl (C=O) groups is 1. The minimum atomic E-state index is -0.391. The maximum Gasteiger partial charge on any atom is 0.373 e. The van der Waals surface area contributed by atoms with Crippen molar-refractivity contribution in [1.29, 1.82) is 0 Å². The van der Waals surface area contributed by atoms with Crippen LogP contribution in [0.5, 0.6) is 0 Å². The van der Waals surface area contributed by atoms with Gasteiger partial charge in [-0.15, -0.1) is 0 Å². The second-order valence-corrected chi connectivity index (χ2v) is 5.05. The fourth-order valence-corrected chi connectivity index (χ4v) is 2.36. The Morgan fingerprint density at radius 2 is 1.89 bits per heavy atom. The number of carbonyl (C=O) groups excluding carboxylic acids is 1. The Hall–Kier alpha value is -1.35. The molecule has 1 aromatic carbocycles. The predicted octanol–water partition coefficient (Wildman–Crippen LogP) is 3.72. The molecule has 2 rings (SSSR count). The van der Waals surface area contributed by atoms with E-state index < -0.39 is 5.97 Å². The van der Waals surface area contributed by atoms with Gasteiger partial charge in [-0.3, -0.25) is 4.89 Å². The molecule has 18 heavy (non-hydrogen) atoms. The summed E-state index contributed by atoms with van der Waals surface area (Å²) in [6, 6.07) is 5.67. The molecular weight excluding hydrogens is 228 g/mol. The molecule has 0 aliphatic heterocycles. The first-order chi connectivity index (χ1) is 8.66. The monoisotopic (exact) mass is 248 g/mol. The minimum absolute atomic E-state index is 0.0773. The fourth-order valence-electron chi connectivity index (χ4n) is 2.36. The zero-order valence-corrected chi connectivity index (χ0v) is 11.1. The van der Waals surface area contributed by atoms with E-state index in [4.69, 9.17) is 9.78 Å². The van der Waals surface area contributed by atoms with Gasteiger partial charge in [-0.2, -0.15) is 4.89 Å². The summed E-state index contributed by atoms with van der Waals surface area (Å²) < 4.78 is 0. The molecule has 1 aromatic rings. The van der Waals surface area contributed by atoms with Gasteiger partial charge >= 0.3 is 5.97 Å². The van der Waals surface area contributed by atoms with Crippen LogP contribution in [0.3, 0.4) is 0 Å². The van der Waals surface area contributed by atoms with Gasteiger partial charge in [-0.05, 0) is 38.3 Å². The highest BCUT2D eigenvalue weighted by Crippen LogP contribution is 2.21. The summed E-state index contributed by atoms with van der Waals surface area (Å²) >= 11 is 0. The van der Waals surface area contributed by atoms with Crippen molar-refractivity contribution in [2.75, 3.05) is 0 Å². The van der Waals surface area contributed by atoms with E-state index in [-0.39, 0.29) is 6.10 Å². The molecule has 0 unspecified atom stereocenters. The molecule has 0 N–H and O–H groups in total. The molecule has 1 aliphatic rings. The molecule has 0 spiro atoms. The van der Waals surface area contributed by atoms with Gasteiger partial charge in [-0.1, -0.05) is 37.0 Å². The summed E-state index contributed by atoms with van der Waals surface area (Å²) in [7, 11) is 0. The maximum absolute atomic E-state index is 11.9. The normalized spacial score (nSPS) is 16.6. The van der Waals surface area contributed by atoms with Crippen LogP contribution in [0.25, 0.3) is 0 Å². The standard InChI is InChI=1S/C15H20O3/c1-11-8-9-14(12(2)10-11)15(16)18-17-13-6-4-3-5-7-13/h8-10,13H,3-7H2,1-2H3. The molecule has 3 nitrogen and oxygen atoms in total. The summed E-state index contributed by atoms with van der Waals surface area (Å²) in [5.41, 5.74) is 2.64. The van der Waals surface area contributed by atoms with E-state index in [0.29, 0.717) is 5.56 Å². The van der Waals surface area contributed by atoms with Crippen LogP contribution in [0.15, 0.2) is 18.2 Å². The third-order valence-corrected chi connectivity index (χ3v) is 3.41. The molecule has 0 saturated heterocycles. The predicted molar refractivity (Wildman–Crippen MR) is 69.3 cm³/mol. The molecule has 3 heteroatoms. The second-order valence-electron chi connectivity index (χ2n) is 5.05. The molecule has 1 aliphatic carbocycles. The first kappa shape index (κ1) is 13.1. The lowest BCUT2D eigenvalue weighted by Crippen LogP contribution is -2.19. The van der Waals surface area contributed by atoms with E-state index >= 15 is 0 Å². The van der Waals surface area contributed by atoms with Gasteiger partial charge in [0.1, 0.15) is 6.10 Å². The Labute approximate surface area is 108 Å². The average Bonchev–Trinajstić information content (AvgIpc) is 2.37. The van der Waals surface area contributed by atoms with Crippen LogP contribution in [0.4, 0.5) is 0 Å². The number of aryl methyl sites for hydroxylation is 2. The van der Waals surface area contributed by atoms with Gasteiger partial charge in [0.25, 0.3) is 0 Å². The van der Waals surface area contributed by atoms with Crippen LogP contribution in [-0.4, -0.2) is 12.1 Å². The second kappa shape index (κ2) is 6.01. The molecule has 1 saturated carbocycles. The van der Waals surface area contributed by atoms with Crippen molar-refractivity contribution < 1.29 is 14.6 Å². The molecular formula is C15H20O3. The Morgan fingerprint density at radius 1 is 1.17 bits per heavy atom. The summed E-state index contributed by atoms with van der Waals surface area (Å²) in [6.07, 6.45) is 5.62. The Bertz CT molecular complexity index is 420. The molecule has 1 fully saturated rings. The van der Waals surface area contributed by atoms with Crippen LogP contribution in [0.1, 0.15) is 53.6 Å². The fraction of sp³-hybridized carbons (Fsp3) is 0.533. The Kier molecular flexibility index (Phi) is 4.37. The number of benzene rings is 1. The zero-order valence-electron chi connectivity index (χ0n) is 11.1. The van der Waals surface area contributed by atoms with Gasteiger partial charge in [0.05, 0.1) is 5.56 Å². The summed E-state index contributed by atoms with van der Waals surface area (Å²) in [4.78, 5) is 22.1. The van der Waals surface area contributed by atoms with Crippen LogP contribution >= 0.6 is 0 Å². The van der Waals surface area contributed by atoms with E-state index in [1.165, 1.54) is 6.42 Å². The van der Waals surface area contributed by atoms with Crippen molar-refractivity contribution in [3.8, 4) is 0 Å². The minimum Gasteiger partial charge on any atom is -0.293 e. The number of rotatable bonds is 3. The summed E-state index contributed by atoms with van der Waals surface area (Å²) in [5.74, 6) is -0.391. The summed E-state index contributed by atoms with van der Waals surface area (Å²) in [5, 5.41) is 0.